The Morgan fingerprint density at radius 2 is 2.00 bits per heavy atom. The minimum Gasteiger partial charge on any atom is -0.490 e. The zero-order chi connectivity index (χ0) is 15.4. The minimum absolute atomic E-state index is 0.330. The van der Waals surface area contributed by atoms with E-state index in [0.29, 0.717) is 35.6 Å². The van der Waals surface area contributed by atoms with Gasteiger partial charge in [0.15, 0.2) is 11.5 Å². The fourth-order valence-corrected chi connectivity index (χ4v) is 2.39. The Bertz CT molecular complexity index is 626. The summed E-state index contributed by atoms with van der Waals surface area (Å²) in [6, 6.07) is 5.67. The number of halogens is 2. The SMILES string of the molecule is CCOc1cc(CCl)ccc1OCc1c(Cl)c(C)nn1C. The molecule has 0 saturated carbocycles. The first kappa shape index (κ1) is 16.0. The van der Waals surface area contributed by atoms with Crippen LogP contribution in [-0.4, -0.2) is 16.4 Å². The van der Waals surface area contributed by atoms with E-state index in [1.54, 1.807) is 4.68 Å². The predicted molar refractivity (Wildman–Crippen MR) is 84.5 cm³/mol. The first-order chi connectivity index (χ1) is 10.1. The van der Waals surface area contributed by atoms with Crippen molar-refractivity contribution < 1.29 is 9.47 Å². The second-order valence-electron chi connectivity index (χ2n) is 4.61. The van der Waals surface area contributed by atoms with Gasteiger partial charge in [-0.3, -0.25) is 4.68 Å². The third kappa shape index (κ3) is 3.63. The van der Waals surface area contributed by atoms with Crippen LogP contribution in [-0.2, 0) is 19.5 Å². The fourth-order valence-electron chi connectivity index (χ4n) is 2.01. The molecular formula is C15H18Cl2N2O2. The molecule has 4 nitrogen and oxygen atoms in total. The van der Waals surface area contributed by atoms with Crippen molar-refractivity contribution in [1.82, 2.24) is 9.78 Å². The van der Waals surface area contributed by atoms with Crippen LogP contribution in [0.3, 0.4) is 0 Å². The summed E-state index contributed by atoms with van der Waals surface area (Å²) in [5.41, 5.74) is 2.61. The summed E-state index contributed by atoms with van der Waals surface area (Å²) in [5, 5.41) is 4.90. The summed E-state index contributed by atoms with van der Waals surface area (Å²) in [5.74, 6) is 1.79. The number of nitrogens with zero attached hydrogens (tertiary/aromatic N) is 2. The van der Waals surface area contributed by atoms with E-state index in [1.165, 1.54) is 0 Å². The fraction of sp³-hybridized carbons (Fsp3) is 0.400. The van der Waals surface area contributed by atoms with Crippen molar-refractivity contribution in [3.8, 4) is 11.5 Å². The van der Waals surface area contributed by atoms with Crippen LogP contribution in [0.5, 0.6) is 11.5 Å². The van der Waals surface area contributed by atoms with E-state index in [4.69, 9.17) is 32.7 Å². The molecule has 0 saturated heterocycles. The number of ether oxygens (including phenoxy) is 2. The third-order valence-corrected chi connectivity index (χ3v) is 3.89. The standard InChI is InChI=1S/C15H18Cl2N2O2/c1-4-20-14-7-11(8-16)5-6-13(14)21-9-12-15(17)10(2)18-19(12)3/h5-7H,4,8-9H2,1-3H3. The molecule has 0 amide bonds. The van der Waals surface area contributed by atoms with Gasteiger partial charge >= 0.3 is 0 Å². The Hall–Kier alpha value is -1.39. The van der Waals surface area contributed by atoms with Gasteiger partial charge < -0.3 is 9.47 Å². The number of rotatable bonds is 6. The zero-order valence-electron chi connectivity index (χ0n) is 12.3. The lowest BCUT2D eigenvalue weighted by Crippen LogP contribution is -2.05. The van der Waals surface area contributed by atoms with E-state index < -0.39 is 0 Å². The van der Waals surface area contributed by atoms with Crippen molar-refractivity contribution in [2.75, 3.05) is 6.61 Å². The average molecular weight is 329 g/mol. The highest BCUT2D eigenvalue weighted by Crippen LogP contribution is 2.30. The molecule has 114 valence electrons. The third-order valence-electron chi connectivity index (χ3n) is 3.09. The Balaban J connectivity index is 2.19. The smallest absolute Gasteiger partial charge is 0.161 e. The Kier molecular flexibility index (Phi) is 5.37. The van der Waals surface area contributed by atoms with Crippen molar-refractivity contribution in [1.29, 1.82) is 0 Å². The Morgan fingerprint density at radius 3 is 2.57 bits per heavy atom. The number of hydrogen-bond acceptors (Lipinski definition) is 3. The molecule has 0 aliphatic heterocycles. The molecule has 0 bridgehead atoms. The number of aromatic nitrogens is 2. The summed E-state index contributed by atoms with van der Waals surface area (Å²) in [4.78, 5) is 0. The van der Waals surface area contributed by atoms with Crippen LogP contribution in [0.1, 0.15) is 23.9 Å². The average Bonchev–Trinajstić information content (AvgIpc) is 2.71. The Labute approximate surface area is 134 Å². The molecule has 0 radical (unpaired) electrons. The van der Waals surface area contributed by atoms with Crippen molar-refractivity contribution in [2.45, 2.75) is 26.3 Å². The molecule has 0 N–H and O–H groups in total. The maximum Gasteiger partial charge on any atom is 0.161 e. The quantitative estimate of drug-likeness (QED) is 0.749. The van der Waals surface area contributed by atoms with Gasteiger partial charge in [0.1, 0.15) is 6.61 Å². The molecule has 0 fully saturated rings. The van der Waals surface area contributed by atoms with Crippen LogP contribution in [0.2, 0.25) is 5.02 Å². The first-order valence-electron chi connectivity index (χ1n) is 6.69. The topological polar surface area (TPSA) is 36.3 Å². The van der Waals surface area contributed by atoms with Crippen LogP contribution in [0.4, 0.5) is 0 Å². The lowest BCUT2D eigenvalue weighted by Gasteiger charge is -2.13. The maximum atomic E-state index is 6.22. The summed E-state index contributed by atoms with van der Waals surface area (Å²) in [7, 11) is 1.84. The van der Waals surface area contributed by atoms with Gasteiger partial charge in [0.2, 0.25) is 0 Å². The summed E-state index contributed by atoms with van der Waals surface area (Å²) in [6.45, 7) is 4.69. The molecule has 0 aliphatic carbocycles. The van der Waals surface area contributed by atoms with E-state index in [0.717, 1.165) is 17.0 Å². The monoisotopic (exact) mass is 328 g/mol. The normalized spacial score (nSPS) is 10.7. The van der Waals surface area contributed by atoms with Crippen LogP contribution in [0.15, 0.2) is 18.2 Å². The summed E-state index contributed by atoms with van der Waals surface area (Å²) < 4.78 is 13.2. The highest BCUT2D eigenvalue weighted by molar-refractivity contribution is 6.31. The molecular weight excluding hydrogens is 311 g/mol. The van der Waals surface area contributed by atoms with E-state index in [-0.39, 0.29) is 0 Å². The molecule has 1 aromatic heterocycles. The van der Waals surface area contributed by atoms with Gasteiger partial charge in [-0.05, 0) is 31.5 Å². The van der Waals surface area contributed by atoms with E-state index in [2.05, 4.69) is 5.10 Å². The highest BCUT2D eigenvalue weighted by atomic mass is 35.5. The van der Waals surface area contributed by atoms with Gasteiger partial charge in [-0.15, -0.1) is 11.6 Å². The van der Waals surface area contributed by atoms with Gasteiger partial charge in [0, 0.05) is 12.9 Å². The van der Waals surface area contributed by atoms with Crippen molar-refractivity contribution in [2.24, 2.45) is 7.05 Å². The molecule has 0 spiro atoms. The lowest BCUT2D eigenvalue weighted by molar-refractivity contribution is 0.262. The molecule has 1 heterocycles. The van der Waals surface area contributed by atoms with Crippen LogP contribution < -0.4 is 9.47 Å². The molecule has 0 atom stereocenters. The molecule has 6 heteroatoms. The van der Waals surface area contributed by atoms with Crippen molar-refractivity contribution in [3.63, 3.8) is 0 Å². The lowest BCUT2D eigenvalue weighted by atomic mass is 10.2. The molecule has 21 heavy (non-hydrogen) atoms. The van der Waals surface area contributed by atoms with Crippen LogP contribution >= 0.6 is 23.2 Å². The second kappa shape index (κ2) is 7.05. The van der Waals surface area contributed by atoms with Crippen LogP contribution in [0, 0.1) is 6.92 Å². The van der Waals surface area contributed by atoms with Gasteiger partial charge in [-0.1, -0.05) is 17.7 Å². The van der Waals surface area contributed by atoms with Crippen LogP contribution in [0.25, 0.3) is 0 Å². The first-order valence-corrected chi connectivity index (χ1v) is 7.60. The molecule has 2 aromatic rings. The molecule has 1 aromatic carbocycles. The van der Waals surface area contributed by atoms with Crippen molar-refractivity contribution >= 4 is 23.2 Å². The van der Waals surface area contributed by atoms with Crippen molar-refractivity contribution in [3.05, 3.63) is 40.2 Å². The van der Waals surface area contributed by atoms with Gasteiger partial charge in [-0.25, -0.2) is 0 Å². The number of aryl methyl sites for hydroxylation is 2. The van der Waals surface area contributed by atoms with E-state index >= 15 is 0 Å². The highest BCUT2D eigenvalue weighted by Gasteiger charge is 2.13. The number of alkyl halides is 1. The summed E-state index contributed by atoms with van der Waals surface area (Å²) in [6.07, 6.45) is 0. The number of hydrogen-bond donors (Lipinski definition) is 0. The zero-order valence-corrected chi connectivity index (χ0v) is 13.8. The van der Waals surface area contributed by atoms with E-state index in [9.17, 15) is 0 Å². The van der Waals surface area contributed by atoms with Gasteiger partial charge in [0.25, 0.3) is 0 Å². The Morgan fingerprint density at radius 1 is 1.24 bits per heavy atom. The minimum atomic E-state index is 0.330. The molecule has 0 unspecified atom stereocenters. The van der Waals surface area contributed by atoms with Gasteiger partial charge in [-0.2, -0.15) is 5.10 Å². The predicted octanol–water partition coefficient (Wildman–Crippen LogP) is 4.10. The molecule has 2 rings (SSSR count). The molecule has 0 aliphatic rings. The van der Waals surface area contributed by atoms with E-state index in [1.807, 2.05) is 39.1 Å². The summed E-state index contributed by atoms with van der Waals surface area (Å²) >= 11 is 12.1. The largest absolute Gasteiger partial charge is 0.490 e. The maximum absolute atomic E-state index is 6.22. The van der Waals surface area contributed by atoms with Gasteiger partial charge in [0.05, 0.1) is 23.0 Å². The number of benzene rings is 1. The second-order valence-corrected chi connectivity index (χ2v) is 5.25.